The molecular weight excluding hydrogens is 414 g/mol. The number of rotatable bonds is 8. The highest BCUT2D eigenvalue weighted by molar-refractivity contribution is 7.89. The van der Waals surface area contributed by atoms with E-state index in [4.69, 9.17) is 4.74 Å². The smallest absolute Gasteiger partial charge is 0.241 e. The topological polar surface area (TPSA) is 78.9 Å². The normalized spacial score (nSPS) is 16.4. The fourth-order valence-electron chi connectivity index (χ4n) is 3.43. The van der Waals surface area contributed by atoms with Crippen molar-refractivity contribution in [1.29, 1.82) is 0 Å². The van der Waals surface area contributed by atoms with Gasteiger partial charge in [0.15, 0.2) is 0 Å². The third kappa shape index (κ3) is 6.40. The van der Waals surface area contributed by atoms with Crippen LogP contribution in [-0.4, -0.2) is 70.0 Å². The predicted octanol–water partition coefficient (Wildman–Crippen LogP) is 2.22. The third-order valence-electron chi connectivity index (χ3n) is 5.23. The molecule has 0 saturated carbocycles. The lowest BCUT2D eigenvalue weighted by atomic mass is 10.2. The Morgan fingerprint density at radius 1 is 1.06 bits per heavy atom. The highest BCUT2D eigenvalue weighted by Crippen LogP contribution is 2.16. The first-order chi connectivity index (χ1) is 14.9. The first-order valence-corrected chi connectivity index (χ1v) is 11.8. The van der Waals surface area contributed by atoms with Gasteiger partial charge in [0.25, 0.3) is 0 Å². The van der Waals surface area contributed by atoms with Crippen LogP contribution in [0.1, 0.15) is 12.5 Å². The number of nitrogens with zero attached hydrogens (tertiary/aromatic N) is 2. The Morgan fingerprint density at radius 3 is 2.32 bits per heavy atom. The van der Waals surface area contributed by atoms with Crippen molar-refractivity contribution in [2.24, 2.45) is 0 Å². The number of carbonyl (C=O) groups excluding carboxylic acids is 1. The molecule has 1 amide bonds. The molecule has 166 valence electrons. The summed E-state index contributed by atoms with van der Waals surface area (Å²) in [6.45, 7) is 5.06. The van der Waals surface area contributed by atoms with Gasteiger partial charge in [0.1, 0.15) is 5.75 Å². The molecule has 0 aliphatic carbocycles. The molecule has 1 atom stereocenters. The van der Waals surface area contributed by atoms with Crippen molar-refractivity contribution in [3.05, 3.63) is 66.2 Å². The number of benzene rings is 2. The Hall–Kier alpha value is -2.68. The Balaban J connectivity index is 1.48. The van der Waals surface area contributed by atoms with Crippen molar-refractivity contribution >= 4 is 22.0 Å². The second-order valence-corrected chi connectivity index (χ2v) is 9.17. The van der Waals surface area contributed by atoms with Crippen LogP contribution in [0, 0.1) is 0 Å². The van der Waals surface area contributed by atoms with Crippen molar-refractivity contribution in [3.8, 4) is 5.75 Å². The first kappa shape index (κ1) is 23.0. The molecule has 31 heavy (non-hydrogen) atoms. The zero-order valence-corrected chi connectivity index (χ0v) is 18.7. The maximum atomic E-state index is 12.8. The third-order valence-corrected chi connectivity index (χ3v) is 6.79. The summed E-state index contributed by atoms with van der Waals surface area (Å²) in [6, 6.07) is 15.4. The molecule has 2 aromatic rings. The van der Waals surface area contributed by atoms with Crippen LogP contribution in [0.3, 0.4) is 0 Å². The van der Waals surface area contributed by atoms with Crippen LogP contribution in [0.25, 0.3) is 6.08 Å². The van der Waals surface area contributed by atoms with Crippen LogP contribution >= 0.6 is 0 Å². The first-order valence-electron chi connectivity index (χ1n) is 10.3. The van der Waals surface area contributed by atoms with Gasteiger partial charge >= 0.3 is 0 Å². The number of hydrogen-bond acceptors (Lipinski definition) is 5. The predicted molar refractivity (Wildman–Crippen MR) is 121 cm³/mol. The Bertz CT molecular complexity index is 983. The van der Waals surface area contributed by atoms with Gasteiger partial charge in [-0.05, 0) is 36.8 Å². The average molecular weight is 444 g/mol. The van der Waals surface area contributed by atoms with Crippen LogP contribution in [0.2, 0.25) is 0 Å². The molecule has 2 aromatic carbocycles. The standard InChI is InChI=1S/C23H29N3O4S/c1-19(24-31(28,29)22-12-10-21(30-2)11-13-22)23(27)26-17-15-25(16-18-26)14-6-9-20-7-4-3-5-8-20/h3-13,19,24H,14-18H2,1-2H3/b9-6+/t19-/m1/s1. The van der Waals surface area contributed by atoms with E-state index in [1.54, 1.807) is 24.0 Å². The summed E-state index contributed by atoms with van der Waals surface area (Å²) in [5.74, 6) is 0.358. The molecule has 0 radical (unpaired) electrons. The molecule has 7 nitrogen and oxygen atoms in total. The lowest BCUT2D eigenvalue weighted by molar-refractivity contribution is -0.134. The second-order valence-electron chi connectivity index (χ2n) is 7.46. The van der Waals surface area contributed by atoms with E-state index in [0.717, 1.165) is 25.2 Å². The molecule has 0 bridgehead atoms. The molecule has 1 N–H and O–H groups in total. The molecule has 1 saturated heterocycles. The maximum absolute atomic E-state index is 12.8. The molecule has 1 aliphatic heterocycles. The summed E-state index contributed by atoms with van der Waals surface area (Å²) >= 11 is 0. The molecular formula is C23H29N3O4S. The van der Waals surface area contributed by atoms with Gasteiger partial charge in [-0.25, -0.2) is 8.42 Å². The number of amides is 1. The van der Waals surface area contributed by atoms with Gasteiger partial charge in [-0.1, -0.05) is 42.5 Å². The minimum atomic E-state index is -3.79. The fraction of sp³-hybridized carbons (Fsp3) is 0.348. The number of nitrogens with one attached hydrogen (secondary N) is 1. The molecule has 1 fully saturated rings. The summed E-state index contributed by atoms with van der Waals surface area (Å²) < 4.78 is 32.7. The summed E-state index contributed by atoms with van der Waals surface area (Å²) in [7, 11) is -2.27. The minimum Gasteiger partial charge on any atom is -0.497 e. The summed E-state index contributed by atoms with van der Waals surface area (Å²) in [5, 5.41) is 0. The molecule has 0 spiro atoms. The Labute approximate surface area is 184 Å². The van der Waals surface area contributed by atoms with Crippen molar-refractivity contribution in [3.63, 3.8) is 0 Å². The van der Waals surface area contributed by atoms with Gasteiger partial charge in [0.05, 0.1) is 18.0 Å². The second kappa shape index (κ2) is 10.6. The lowest BCUT2D eigenvalue weighted by Crippen LogP contribution is -2.54. The number of sulfonamides is 1. The molecule has 0 unspecified atom stereocenters. The zero-order chi connectivity index (χ0) is 22.3. The fourth-order valence-corrected chi connectivity index (χ4v) is 4.63. The van der Waals surface area contributed by atoms with Crippen molar-refractivity contribution < 1.29 is 17.9 Å². The van der Waals surface area contributed by atoms with Gasteiger partial charge in [-0.3, -0.25) is 9.69 Å². The lowest BCUT2D eigenvalue weighted by Gasteiger charge is -2.35. The minimum absolute atomic E-state index is 0.1000. The van der Waals surface area contributed by atoms with E-state index in [0.29, 0.717) is 18.8 Å². The molecule has 1 aliphatic rings. The quantitative estimate of drug-likeness (QED) is 0.677. The molecule has 8 heteroatoms. The molecule has 1 heterocycles. The summed E-state index contributed by atoms with van der Waals surface area (Å²) in [6.07, 6.45) is 4.21. The van der Waals surface area contributed by atoms with Gasteiger partial charge in [0, 0.05) is 32.7 Å². The number of methoxy groups -OCH3 is 1. The monoisotopic (exact) mass is 443 g/mol. The summed E-state index contributed by atoms with van der Waals surface area (Å²) in [5.41, 5.74) is 1.16. The number of hydrogen-bond donors (Lipinski definition) is 1. The average Bonchev–Trinajstić information content (AvgIpc) is 2.79. The van der Waals surface area contributed by atoms with E-state index in [1.165, 1.54) is 19.2 Å². The van der Waals surface area contributed by atoms with Gasteiger partial charge in [-0.15, -0.1) is 0 Å². The summed E-state index contributed by atoms with van der Waals surface area (Å²) in [4.78, 5) is 16.9. The van der Waals surface area contributed by atoms with Crippen LogP contribution in [0.4, 0.5) is 0 Å². The highest BCUT2D eigenvalue weighted by atomic mass is 32.2. The van der Waals surface area contributed by atoms with Crippen LogP contribution in [-0.2, 0) is 14.8 Å². The van der Waals surface area contributed by atoms with Crippen LogP contribution in [0.5, 0.6) is 5.75 Å². The van der Waals surface area contributed by atoms with E-state index < -0.39 is 16.1 Å². The van der Waals surface area contributed by atoms with Gasteiger partial charge in [0.2, 0.25) is 15.9 Å². The zero-order valence-electron chi connectivity index (χ0n) is 17.9. The number of carbonyl (C=O) groups is 1. The van der Waals surface area contributed by atoms with Gasteiger partial charge < -0.3 is 9.64 Å². The van der Waals surface area contributed by atoms with Crippen molar-refractivity contribution in [1.82, 2.24) is 14.5 Å². The van der Waals surface area contributed by atoms with E-state index >= 15 is 0 Å². The van der Waals surface area contributed by atoms with Crippen LogP contribution in [0.15, 0.2) is 65.6 Å². The number of piperazine rings is 1. The van der Waals surface area contributed by atoms with E-state index in [9.17, 15) is 13.2 Å². The number of ether oxygens (including phenoxy) is 1. The van der Waals surface area contributed by atoms with Gasteiger partial charge in [-0.2, -0.15) is 4.72 Å². The molecule has 3 rings (SSSR count). The molecule has 0 aromatic heterocycles. The Morgan fingerprint density at radius 2 is 1.71 bits per heavy atom. The van der Waals surface area contributed by atoms with Crippen molar-refractivity contribution in [2.75, 3.05) is 39.8 Å². The van der Waals surface area contributed by atoms with E-state index in [2.05, 4.69) is 33.9 Å². The maximum Gasteiger partial charge on any atom is 0.241 e. The largest absolute Gasteiger partial charge is 0.497 e. The SMILES string of the molecule is COc1ccc(S(=O)(=O)N[C@H](C)C(=O)N2CCN(C/C=C/c3ccccc3)CC2)cc1. The Kier molecular flexibility index (Phi) is 7.84. The van der Waals surface area contributed by atoms with Crippen molar-refractivity contribution in [2.45, 2.75) is 17.9 Å². The van der Waals surface area contributed by atoms with E-state index in [-0.39, 0.29) is 10.8 Å². The van der Waals surface area contributed by atoms with E-state index in [1.807, 2.05) is 18.2 Å². The highest BCUT2D eigenvalue weighted by Gasteiger charge is 2.28. The van der Waals surface area contributed by atoms with Crippen LogP contribution < -0.4 is 9.46 Å².